The normalized spacial score (nSPS) is 11.0. The second kappa shape index (κ2) is 6.57. The van der Waals surface area contributed by atoms with Gasteiger partial charge in [0, 0.05) is 26.3 Å². The van der Waals surface area contributed by atoms with E-state index in [9.17, 15) is 9.59 Å². The van der Waals surface area contributed by atoms with Crippen LogP contribution in [0.5, 0.6) is 0 Å². The van der Waals surface area contributed by atoms with Crippen molar-refractivity contribution in [3.63, 3.8) is 0 Å². The topological polar surface area (TPSA) is 70.0 Å². The first-order chi connectivity index (χ1) is 10.4. The summed E-state index contributed by atoms with van der Waals surface area (Å²) in [5.41, 5.74) is 1.97. The molecule has 0 bridgehead atoms. The Labute approximate surface area is 129 Å². The summed E-state index contributed by atoms with van der Waals surface area (Å²) in [5.74, 6) is 0.516. The molecule has 2 amide bonds. The predicted molar refractivity (Wildman–Crippen MR) is 85.3 cm³/mol. The highest BCUT2D eigenvalue weighted by molar-refractivity contribution is 5.94. The van der Waals surface area contributed by atoms with Crippen LogP contribution < -0.4 is 10.2 Å². The number of pyridine rings is 1. The third kappa shape index (κ3) is 3.25. The highest BCUT2D eigenvalue weighted by Gasteiger charge is 2.14. The molecule has 22 heavy (non-hydrogen) atoms. The van der Waals surface area contributed by atoms with Gasteiger partial charge in [0.05, 0.1) is 11.3 Å². The first-order valence-corrected chi connectivity index (χ1v) is 7.04. The number of rotatable bonds is 6. The van der Waals surface area contributed by atoms with Crippen molar-refractivity contribution in [3.8, 4) is 0 Å². The second-order valence-corrected chi connectivity index (χ2v) is 5.44. The van der Waals surface area contributed by atoms with Crippen LogP contribution in [0.4, 0.5) is 5.82 Å². The summed E-state index contributed by atoms with van der Waals surface area (Å²) in [4.78, 5) is 31.0. The van der Waals surface area contributed by atoms with Gasteiger partial charge >= 0.3 is 0 Å². The maximum Gasteiger partial charge on any atom is 0.252 e. The Hall–Kier alpha value is -2.41. The summed E-state index contributed by atoms with van der Waals surface area (Å²) in [5, 5.41) is 2.87. The average Bonchev–Trinajstić information content (AvgIpc) is 2.80. The zero-order valence-electron chi connectivity index (χ0n) is 13.3. The van der Waals surface area contributed by atoms with Gasteiger partial charge in [-0.05, 0) is 33.2 Å². The maximum atomic E-state index is 12.2. The van der Waals surface area contributed by atoms with E-state index in [1.54, 1.807) is 29.8 Å². The summed E-state index contributed by atoms with van der Waals surface area (Å²) < 4.78 is 1.75. The average molecular weight is 303 g/mol. The highest BCUT2D eigenvalue weighted by Crippen LogP contribution is 2.20. The van der Waals surface area contributed by atoms with Crippen molar-refractivity contribution in [2.75, 3.05) is 39.1 Å². The van der Waals surface area contributed by atoms with Gasteiger partial charge in [-0.2, -0.15) is 0 Å². The summed E-state index contributed by atoms with van der Waals surface area (Å²) in [6.45, 7) is 3.18. The Bertz CT molecular complexity index is 693. The van der Waals surface area contributed by atoms with E-state index in [0.717, 1.165) is 18.6 Å². The van der Waals surface area contributed by atoms with E-state index in [2.05, 4.69) is 10.3 Å². The van der Waals surface area contributed by atoms with Crippen LogP contribution in [-0.4, -0.2) is 60.8 Å². The summed E-state index contributed by atoms with van der Waals surface area (Å²) in [6, 6.07) is 3.51. The van der Waals surface area contributed by atoms with E-state index < -0.39 is 0 Å². The van der Waals surface area contributed by atoms with Crippen LogP contribution in [0.2, 0.25) is 0 Å². The number of aromatic nitrogens is 2. The number of hydrogen-bond acceptors (Lipinski definition) is 4. The smallest absolute Gasteiger partial charge is 0.252 e. The van der Waals surface area contributed by atoms with E-state index in [-0.39, 0.29) is 5.91 Å². The van der Waals surface area contributed by atoms with Crippen LogP contribution in [0, 0.1) is 6.92 Å². The molecule has 7 nitrogen and oxygen atoms in total. The highest BCUT2D eigenvalue weighted by atomic mass is 16.1. The lowest BCUT2D eigenvalue weighted by molar-refractivity contribution is -0.107. The van der Waals surface area contributed by atoms with Crippen molar-refractivity contribution in [2.24, 2.45) is 0 Å². The Morgan fingerprint density at radius 3 is 2.73 bits per heavy atom. The fraction of sp³-hybridized carbons (Fsp3) is 0.400. The van der Waals surface area contributed by atoms with Gasteiger partial charge in [-0.25, -0.2) is 4.98 Å². The lowest BCUT2D eigenvalue weighted by atomic mass is 10.2. The van der Waals surface area contributed by atoms with Crippen LogP contribution in [0.15, 0.2) is 18.3 Å². The van der Waals surface area contributed by atoms with Crippen molar-refractivity contribution in [1.82, 2.24) is 19.6 Å². The molecule has 7 heteroatoms. The molecular weight excluding hydrogens is 282 g/mol. The van der Waals surface area contributed by atoms with Gasteiger partial charge < -0.3 is 15.1 Å². The molecule has 2 rings (SSSR count). The Morgan fingerprint density at radius 2 is 2.09 bits per heavy atom. The largest absolute Gasteiger partial charge is 0.351 e. The monoisotopic (exact) mass is 303 g/mol. The minimum Gasteiger partial charge on any atom is -0.351 e. The lowest BCUT2D eigenvalue weighted by Gasteiger charge is -2.13. The number of fused-ring (bicyclic) bond motifs is 1. The molecule has 2 aromatic heterocycles. The van der Waals surface area contributed by atoms with Crippen molar-refractivity contribution < 1.29 is 9.59 Å². The van der Waals surface area contributed by atoms with Crippen molar-refractivity contribution >= 4 is 23.8 Å². The molecule has 0 aromatic carbocycles. The number of hydrogen-bond donors (Lipinski definition) is 1. The van der Waals surface area contributed by atoms with Gasteiger partial charge in [0.15, 0.2) is 0 Å². The molecule has 0 spiro atoms. The molecule has 2 aromatic rings. The van der Waals surface area contributed by atoms with E-state index >= 15 is 0 Å². The van der Waals surface area contributed by atoms with E-state index in [1.807, 2.05) is 25.9 Å². The molecule has 0 fully saturated rings. The number of aryl methyl sites for hydroxylation is 1. The SMILES string of the molecule is Cc1nc2ccc(C(=O)NCCN(C)C)cn2c1N(C)C=O. The maximum absolute atomic E-state index is 12.2. The first-order valence-electron chi connectivity index (χ1n) is 7.04. The van der Waals surface area contributed by atoms with Gasteiger partial charge in [0.25, 0.3) is 5.91 Å². The lowest BCUT2D eigenvalue weighted by Crippen LogP contribution is -2.31. The van der Waals surface area contributed by atoms with Crippen LogP contribution in [0.1, 0.15) is 16.1 Å². The fourth-order valence-electron chi connectivity index (χ4n) is 2.25. The quantitative estimate of drug-likeness (QED) is 0.790. The van der Waals surface area contributed by atoms with Crippen LogP contribution >= 0.6 is 0 Å². The van der Waals surface area contributed by atoms with Crippen molar-refractivity contribution in [3.05, 3.63) is 29.6 Å². The van der Waals surface area contributed by atoms with Crippen molar-refractivity contribution in [2.45, 2.75) is 6.92 Å². The summed E-state index contributed by atoms with van der Waals surface area (Å²) in [6.07, 6.45) is 2.43. The Balaban J connectivity index is 2.29. The van der Waals surface area contributed by atoms with Crippen LogP contribution in [0.3, 0.4) is 0 Å². The molecule has 0 saturated carbocycles. The molecule has 0 aliphatic heterocycles. The van der Waals surface area contributed by atoms with Gasteiger partial charge in [0.1, 0.15) is 11.5 Å². The number of amides is 2. The standard InChI is InChI=1S/C15H21N5O2/c1-11-15(19(4)10-21)20-9-12(5-6-13(20)17-11)14(22)16-7-8-18(2)3/h5-6,9-10H,7-8H2,1-4H3,(H,16,22). The molecular formula is C15H21N5O2. The van der Waals surface area contributed by atoms with Crippen LogP contribution in [0.25, 0.3) is 5.65 Å². The molecule has 118 valence electrons. The van der Waals surface area contributed by atoms with E-state index in [4.69, 9.17) is 0 Å². The van der Waals surface area contributed by atoms with Gasteiger partial charge in [-0.3, -0.25) is 14.0 Å². The number of carbonyl (C=O) groups excluding carboxylic acids is 2. The first kappa shape index (κ1) is 16.0. The van der Waals surface area contributed by atoms with E-state index in [0.29, 0.717) is 23.6 Å². The molecule has 0 radical (unpaired) electrons. The fourth-order valence-corrected chi connectivity index (χ4v) is 2.25. The number of nitrogens with one attached hydrogen (secondary N) is 1. The minimum absolute atomic E-state index is 0.144. The second-order valence-electron chi connectivity index (χ2n) is 5.44. The number of anilines is 1. The molecule has 0 unspecified atom stereocenters. The molecule has 0 aliphatic rings. The number of likely N-dealkylation sites (N-methyl/N-ethyl adjacent to an activating group) is 1. The molecule has 1 N–H and O–H groups in total. The molecule has 0 aliphatic carbocycles. The zero-order valence-corrected chi connectivity index (χ0v) is 13.3. The number of imidazole rings is 1. The van der Waals surface area contributed by atoms with Gasteiger partial charge in [-0.1, -0.05) is 0 Å². The van der Waals surface area contributed by atoms with Crippen LogP contribution in [-0.2, 0) is 4.79 Å². The van der Waals surface area contributed by atoms with Gasteiger partial charge in [0.2, 0.25) is 6.41 Å². The predicted octanol–water partition coefficient (Wildman–Crippen LogP) is 0.527. The minimum atomic E-state index is -0.144. The third-order valence-electron chi connectivity index (χ3n) is 3.36. The Morgan fingerprint density at radius 1 is 1.36 bits per heavy atom. The van der Waals surface area contributed by atoms with Gasteiger partial charge in [-0.15, -0.1) is 0 Å². The molecule has 0 saturated heterocycles. The van der Waals surface area contributed by atoms with Crippen molar-refractivity contribution in [1.29, 1.82) is 0 Å². The number of nitrogens with zero attached hydrogens (tertiary/aromatic N) is 4. The number of carbonyl (C=O) groups is 2. The molecule has 2 heterocycles. The third-order valence-corrected chi connectivity index (χ3v) is 3.36. The summed E-state index contributed by atoms with van der Waals surface area (Å²) in [7, 11) is 5.56. The Kier molecular flexibility index (Phi) is 4.77. The summed E-state index contributed by atoms with van der Waals surface area (Å²) >= 11 is 0. The van der Waals surface area contributed by atoms with E-state index in [1.165, 1.54) is 4.90 Å². The molecule has 0 atom stereocenters. The zero-order chi connectivity index (χ0) is 16.3.